The number of pyridine rings is 1. The van der Waals surface area contributed by atoms with Gasteiger partial charge in [-0.05, 0) is 17.7 Å². The Balaban J connectivity index is 1.56. The molecule has 0 bridgehead atoms. The van der Waals surface area contributed by atoms with Crippen molar-refractivity contribution in [3.05, 3.63) is 83.9 Å². The molecule has 0 saturated carbocycles. The molecule has 0 amide bonds. The van der Waals surface area contributed by atoms with Crippen molar-refractivity contribution in [1.29, 1.82) is 0 Å². The summed E-state index contributed by atoms with van der Waals surface area (Å²) in [6.45, 7) is 0.903. The second-order valence-corrected chi connectivity index (χ2v) is 7.77. The molecule has 7 nitrogen and oxygen atoms in total. The van der Waals surface area contributed by atoms with Crippen molar-refractivity contribution >= 4 is 27.4 Å². The van der Waals surface area contributed by atoms with E-state index in [-0.39, 0.29) is 0 Å². The SMILES string of the molecule is COCc1nc(NCc2cccnc2-n2cccn2)c2c(-c3ccccc3)csc2n1. The van der Waals surface area contributed by atoms with E-state index >= 15 is 0 Å². The fourth-order valence-electron chi connectivity index (χ4n) is 3.49. The van der Waals surface area contributed by atoms with Crippen LogP contribution in [-0.4, -0.2) is 31.8 Å². The largest absolute Gasteiger partial charge is 0.377 e. The number of nitrogens with zero attached hydrogens (tertiary/aromatic N) is 5. The third kappa shape index (κ3) is 3.90. The monoisotopic (exact) mass is 428 g/mol. The molecule has 0 atom stereocenters. The quantitative estimate of drug-likeness (QED) is 0.405. The number of rotatable bonds is 7. The zero-order valence-corrected chi connectivity index (χ0v) is 17.7. The fourth-order valence-corrected chi connectivity index (χ4v) is 4.45. The molecule has 0 aliphatic rings. The number of methoxy groups -OCH3 is 1. The van der Waals surface area contributed by atoms with Crippen LogP contribution in [0, 0.1) is 0 Å². The molecule has 4 aromatic heterocycles. The molecule has 31 heavy (non-hydrogen) atoms. The van der Waals surface area contributed by atoms with Gasteiger partial charge >= 0.3 is 0 Å². The van der Waals surface area contributed by atoms with E-state index in [1.54, 1.807) is 35.5 Å². The summed E-state index contributed by atoms with van der Waals surface area (Å²) in [4.78, 5) is 14.9. The topological polar surface area (TPSA) is 77.8 Å². The average molecular weight is 429 g/mol. The van der Waals surface area contributed by atoms with Gasteiger partial charge in [0.1, 0.15) is 17.3 Å². The summed E-state index contributed by atoms with van der Waals surface area (Å²) in [5, 5.41) is 11.0. The molecule has 5 rings (SSSR count). The second-order valence-electron chi connectivity index (χ2n) is 6.91. The summed E-state index contributed by atoms with van der Waals surface area (Å²) in [5.74, 6) is 2.22. The minimum absolute atomic E-state index is 0.356. The van der Waals surface area contributed by atoms with Gasteiger partial charge in [0.15, 0.2) is 11.6 Å². The fraction of sp³-hybridized carbons (Fsp3) is 0.130. The van der Waals surface area contributed by atoms with E-state index in [2.05, 4.69) is 32.9 Å². The summed E-state index contributed by atoms with van der Waals surface area (Å²) < 4.78 is 7.05. The van der Waals surface area contributed by atoms with Crippen molar-refractivity contribution in [3.8, 4) is 16.9 Å². The molecular weight excluding hydrogens is 408 g/mol. The van der Waals surface area contributed by atoms with Gasteiger partial charge in [-0.3, -0.25) is 0 Å². The van der Waals surface area contributed by atoms with Crippen LogP contribution >= 0.6 is 11.3 Å². The van der Waals surface area contributed by atoms with Gasteiger partial charge < -0.3 is 10.1 Å². The zero-order chi connectivity index (χ0) is 21.0. The lowest BCUT2D eigenvalue weighted by atomic mass is 10.1. The van der Waals surface area contributed by atoms with Crippen LogP contribution in [0.2, 0.25) is 0 Å². The van der Waals surface area contributed by atoms with Gasteiger partial charge in [0, 0.05) is 48.8 Å². The van der Waals surface area contributed by atoms with Gasteiger partial charge in [0.25, 0.3) is 0 Å². The first-order chi connectivity index (χ1) is 15.3. The molecule has 0 aliphatic carbocycles. The summed E-state index contributed by atoms with van der Waals surface area (Å²) in [5.41, 5.74) is 3.27. The highest BCUT2D eigenvalue weighted by Crippen LogP contribution is 2.37. The van der Waals surface area contributed by atoms with Crippen LogP contribution in [-0.2, 0) is 17.9 Å². The van der Waals surface area contributed by atoms with E-state index in [4.69, 9.17) is 14.7 Å². The van der Waals surface area contributed by atoms with Crippen LogP contribution < -0.4 is 5.32 Å². The van der Waals surface area contributed by atoms with Crippen molar-refractivity contribution in [2.24, 2.45) is 0 Å². The van der Waals surface area contributed by atoms with Crippen LogP contribution in [0.15, 0.2) is 72.5 Å². The van der Waals surface area contributed by atoms with Crippen molar-refractivity contribution in [2.75, 3.05) is 12.4 Å². The maximum absolute atomic E-state index is 5.28. The molecule has 0 fully saturated rings. The third-order valence-corrected chi connectivity index (χ3v) is 5.75. The Kier molecular flexibility index (Phi) is 5.39. The number of nitrogens with one attached hydrogen (secondary N) is 1. The predicted octanol–water partition coefficient (Wildman–Crippen LogP) is 4.70. The molecule has 0 saturated heterocycles. The van der Waals surface area contributed by atoms with E-state index in [0.717, 1.165) is 38.5 Å². The van der Waals surface area contributed by atoms with E-state index in [1.165, 1.54) is 0 Å². The van der Waals surface area contributed by atoms with Crippen molar-refractivity contribution in [1.82, 2.24) is 24.7 Å². The summed E-state index contributed by atoms with van der Waals surface area (Å²) in [6.07, 6.45) is 5.40. The second kappa shape index (κ2) is 8.63. The maximum Gasteiger partial charge on any atom is 0.158 e. The van der Waals surface area contributed by atoms with Crippen molar-refractivity contribution in [3.63, 3.8) is 0 Å². The molecule has 0 radical (unpaired) electrons. The van der Waals surface area contributed by atoms with Gasteiger partial charge in [0.2, 0.25) is 0 Å². The van der Waals surface area contributed by atoms with Gasteiger partial charge in [-0.25, -0.2) is 19.6 Å². The Labute approximate surface area is 183 Å². The van der Waals surface area contributed by atoms with Crippen LogP contribution in [0.25, 0.3) is 27.2 Å². The average Bonchev–Trinajstić information content (AvgIpc) is 3.49. The van der Waals surface area contributed by atoms with Crippen LogP contribution in [0.1, 0.15) is 11.4 Å². The Bertz CT molecular complexity index is 1300. The maximum atomic E-state index is 5.28. The molecule has 1 aromatic carbocycles. The Morgan fingerprint density at radius 3 is 2.74 bits per heavy atom. The van der Waals surface area contributed by atoms with Gasteiger partial charge in [-0.2, -0.15) is 5.10 Å². The minimum atomic E-state index is 0.356. The van der Waals surface area contributed by atoms with Gasteiger partial charge in [-0.15, -0.1) is 11.3 Å². The van der Waals surface area contributed by atoms with Crippen LogP contribution in [0.5, 0.6) is 0 Å². The van der Waals surface area contributed by atoms with E-state index < -0.39 is 0 Å². The number of benzene rings is 1. The summed E-state index contributed by atoms with van der Waals surface area (Å²) in [7, 11) is 1.65. The van der Waals surface area contributed by atoms with Crippen LogP contribution in [0.4, 0.5) is 5.82 Å². The van der Waals surface area contributed by atoms with Crippen LogP contribution in [0.3, 0.4) is 0 Å². The molecule has 154 valence electrons. The lowest BCUT2D eigenvalue weighted by molar-refractivity contribution is 0.178. The summed E-state index contributed by atoms with van der Waals surface area (Å²) >= 11 is 1.61. The third-order valence-electron chi connectivity index (χ3n) is 4.87. The first kappa shape index (κ1) is 19.3. The molecule has 5 aromatic rings. The highest BCUT2D eigenvalue weighted by molar-refractivity contribution is 7.17. The summed E-state index contributed by atoms with van der Waals surface area (Å²) in [6, 6.07) is 16.2. The first-order valence-electron chi connectivity index (χ1n) is 9.84. The number of hydrogen-bond acceptors (Lipinski definition) is 7. The Morgan fingerprint density at radius 2 is 1.94 bits per heavy atom. The highest BCUT2D eigenvalue weighted by atomic mass is 32.1. The van der Waals surface area contributed by atoms with Crippen molar-refractivity contribution in [2.45, 2.75) is 13.2 Å². The number of aromatic nitrogens is 5. The van der Waals surface area contributed by atoms with Gasteiger partial charge in [-0.1, -0.05) is 36.4 Å². The number of anilines is 1. The Morgan fingerprint density at radius 1 is 1.03 bits per heavy atom. The lowest BCUT2D eigenvalue weighted by Gasteiger charge is -2.13. The van der Waals surface area contributed by atoms with Gasteiger partial charge in [0.05, 0.1) is 5.39 Å². The lowest BCUT2D eigenvalue weighted by Crippen LogP contribution is -2.09. The van der Waals surface area contributed by atoms with Crippen molar-refractivity contribution < 1.29 is 4.74 Å². The number of ether oxygens (including phenoxy) is 1. The zero-order valence-electron chi connectivity index (χ0n) is 16.9. The normalized spacial score (nSPS) is 11.1. The molecule has 0 spiro atoms. The first-order valence-corrected chi connectivity index (χ1v) is 10.7. The van der Waals surface area contributed by atoms with E-state index in [1.807, 2.05) is 42.6 Å². The number of hydrogen-bond donors (Lipinski definition) is 1. The molecular formula is C23H20N6OS. The molecule has 1 N–H and O–H groups in total. The number of thiophene rings is 1. The smallest absolute Gasteiger partial charge is 0.158 e. The number of fused-ring (bicyclic) bond motifs is 1. The molecule has 8 heteroatoms. The van der Waals surface area contributed by atoms with E-state index in [0.29, 0.717) is 19.0 Å². The van der Waals surface area contributed by atoms with E-state index in [9.17, 15) is 0 Å². The molecule has 0 unspecified atom stereocenters. The predicted molar refractivity (Wildman–Crippen MR) is 122 cm³/mol. The molecule has 4 heterocycles. The Hall–Kier alpha value is -3.62. The minimum Gasteiger partial charge on any atom is -0.377 e. The standard InChI is InChI=1S/C23H20N6OS/c1-30-14-19-27-21(20-18(15-31-23(20)28-19)16-7-3-2-4-8-16)25-13-17-9-5-10-24-22(17)29-12-6-11-26-29/h2-12,15H,13-14H2,1H3,(H,25,27,28). The molecule has 0 aliphatic heterocycles. The highest BCUT2D eigenvalue weighted by Gasteiger charge is 2.16.